The topological polar surface area (TPSA) is 77.0 Å². The maximum absolute atomic E-state index is 12.4. The van der Waals surface area contributed by atoms with Gasteiger partial charge in [0.15, 0.2) is 5.82 Å². The van der Waals surface area contributed by atoms with Crippen LogP contribution in [0.3, 0.4) is 0 Å². The lowest BCUT2D eigenvalue weighted by Crippen LogP contribution is -2.51. The number of nitrogens with one attached hydrogen (secondary N) is 1. The SMILES string of the molecule is COC(=O)C1C2CCC(CC2)C1Nc1nc(Cl)nc2cccnc12. The summed E-state index contributed by atoms with van der Waals surface area (Å²) in [4.78, 5) is 25.3. The number of halogens is 1. The molecule has 0 saturated heterocycles. The minimum atomic E-state index is -0.144. The summed E-state index contributed by atoms with van der Waals surface area (Å²) in [5, 5.41) is 3.64. The number of hydrogen-bond acceptors (Lipinski definition) is 6. The highest BCUT2D eigenvalue weighted by molar-refractivity contribution is 6.28. The number of hydrogen-bond donors (Lipinski definition) is 1. The fourth-order valence-corrected chi connectivity index (χ4v) is 4.51. The number of carbonyl (C=O) groups is 1. The van der Waals surface area contributed by atoms with Crippen LogP contribution in [0.1, 0.15) is 25.7 Å². The number of aromatic nitrogens is 3. The van der Waals surface area contributed by atoms with Gasteiger partial charge in [-0.05, 0) is 61.3 Å². The van der Waals surface area contributed by atoms with Gasteiger partial charge in [-0.1, -0.05) is 0 Å². The van der Waals surface area contributed by atoms with Crippen LogP contribution in [0.15, 0.2) is 18.3 Å². The normalized spacial score (nSPS) is 28.8. The number of carbonyl (C=O) groups excluding carboxylic acids is 1. The number of nitrogens with zero attached hydrogens (tertiary/aromatic N) is 3. The Balaban J connectivity index is 1.72. The Kier molecular flexibility index (Phi) is 4.00. The van der Waals surface area contributed by atoms with Crippen LogP contribution in [0.5, 0.6) is 0 Å². The number of pyridine rings is 1. The number of esters is 1. The third-order valence-electron chi connectivity index (χ3n) is 5.42. The van der Waals surface area contributed by atoms with E-state index in [0.29, 0.717) is 28.7 Å². The molecule has 1 N–H and O–H groups in total. The summed E-state index contributed by atoms with van der Waals surface area (Å²) < 4.78 is 5.07. The molecule has 2 atom stereocenters. The number of fused-ring (bicyclic) bond motifs is 4. The minimum Gasteiger partial charge on any atom is -0.469 e. The number of anilines is 1. The minimum absolute atomic E-state index is 0.00104. The molecule has 0 aliphatic heterocycles. The van der Waals surface area contributed by atoms with Crippen LogP contribution < -0.4 is 5.32 Å². The van der Waals surface area contributed by atoms with Gasteiger partial charge in [-0.25, -0.2) is 4.98 Å². The average molecular weight is 347 g/mol. The Morgan fingerprint density at radius 2 is 2.00 bits per heavy atom. The predicted molar refractivity (Wildman–Crippen MR) is 90.7 cm³/mol. The zero-order chi connectivity index (χ0) is 16.7. The summed E-state index contributed by atoms with van der Waals surface area (Å²) in [7, 11) is 1.46. The maximum Gasteiger partial charge on any atom is 0.311 e. The Bertz CT molecular complexity index is 776. The van der Waals surface area contributed by atoms with Crippen molar-refractivity contribution < 1.29 is 9.53 Å². The molecule has 3 aliphatic rings. The summed E-state index contributed by atoms with van der Waals surface area (Å²) >= 11 is 6.07. The lowest BCUT2D eigenvalue weighted by Gasteiger charge is -2.47. The second-order valence-electron chi connectivity index (χ2n) is 6.61. The molecule has 2 aromatic rings. The van der Waals surface area contributed by atoms with Crippen LogP contribution in [0, 0.1) is 17.8 Å². The van der Waals surface area contributed by atoms with Crippen LogP contribution in [0.2, 0.25) is 5.28 Å². The molecular weight excluding hydrogens is 328 g/mol. The maximum atomic E-state index is 12.4. The predicted octanol–water partition coefficient (Wildman–Crippen LogP) is 3.07. The third kappa shape index (κ3) is 2.59. The molecule has 5 rings (SSSR count). The molecule has 2 bridgehead atoms. The van der Waals surface area contributed by atoms with Gasteiger partial charge in [-0.15, -0.1) is 0 Å². The lowest BCUT2D eigenvalue weighted by molar-refractivity contribution is -0.152. The van der Waals surface area contributed by atoms with Gasteiger partial charge >= 0.3 is 5.97 Å². The van der Waals surface area contributed by atoms with Crippen molar-refractivity contribution in [2.24, 2.45) is 17.8 Å². The van der Waals surface area contributed by atoms with Gasteiger partial charge in [0.1, 0.15) is 5.52 Å². The van der Waals surface area contributed by atoms with Gasteiger partial charge in [0.25, 0.3) is 0 Å². The molecule has 24 heavy (non-hydrogen) atoms. The number of rotatable bonds is 3. The molecule has 0 radical (unpaired) electrons. The van der Waals surface area contributed by atoms with Crippen molar-refractivity contribution in [3.05, 3.63) is 23.6 Å². The van der Waals surface area contributed by atoms with Crippen molar-refractivity contribution in [1.82, 2.24) is 15.0 Å². The summed E-state index contributed by atoms with van der Waals surface area (Å²) in [5.41, 5.74) is 1.36. The fourth-order valence-electron chi connectivity index (χ4n) is 4.33. The molecule has 7 heteroatoms. The first-order valence-corrected chi connectivity index (χ1v) is 8.68. The van der Waals surface area contributed by atoms with E-state index in [1.807, 2.05) is 12.1 Å². The van der Waals surface area contributed by atoms with Crippen molar-refractivity contribution in [2.75, 3.05) is 12.4 Å². The summed E-state index contributed by atoms with van der Waals surface area (Å²) in [5.74, 6) is 1.12. The first kappa shape index (κ1) is 15.6. The van der Waals surface area contributed by atoms with E-state index in [4.69, 9.17) is 16.3 Å². The molecular formula is C17H19ClN4O2. The third-order valence-corrected chi connectivity index (χ3v) is 5.59. The van der Waals surface area contributed by atoms with Gasteiger partial charge in [-0.2, -0.15) is 4.98 Å². The van der Waals surface area contributed by atoms with Crippen LogP contribution >= 0.6 is 11.6 Å². The Hall–Kier alpha value is -1.95. The summed E-state index contributed by atoms with van der Waals surface area (Å²) in [6.45, 7) is 0. The van der Waals surface area contributed by atoms with Crippen LogP contribution in [0.4, 0.5) is 5.82 Å². The monoisotopic (exact) mass is 346 g/mol. The second-order valence-corrected chi connectivity index (χ2v) is 6.94. The van der Waals surface area contributed by atoms with Crippen LogP contribution in [-0.4, -0.2) is 34.1 Å². The van der Waals surface area contributed by atoms with E-state index in [1.165, 1.54) is 7.11 Å². The number of ether oxygens (including phenoxy) is 1. The van der Waals surface area contributed by atoms with Crippen molar-refractivity contribution in [2.45, 2.75) is 31.7 Å². The second kappa shape index (κ2) is 6.16. The molecule has 3 fully saturated rings. The van der Waals surface area contributed by atoms with Crippen LogP contribution in [-0.2, 0) is 9.53 Å². The van der Waals surface area contributed by atoms with Gasteiger partial charge in [0.05, 0.1) is 18.5 Å². The fraction of sp³-hybridized carbons (Fsp3) is 0.529. The van der Waals surface area contributed by atoms with E-state index in [2.05, 4.69) is 20.3 Å². The zero-order valence-corrected chi connectivity index (χ0v) is 14.2. The van der Waals surface area contributed by atoms with E-state index >= 15 is 0 Å². The van der Waals surface area contributed by atoms with E-state index in [9.17, 15) is 4.79 Å². The summed E-state index contributed by atoms with van der Waals surface area (Å²) in [6, 6.07) is 3.67. The molecule has 0 amide bonds. The largest absolute Gasteiger partial charge is 0.469 e. The Morgan fingerprint density at radius 1 is 1.25 bits per heavy atom. The highest BCUT2D eigenvalue weighted by Crippen LogP contribution is 2.46. The van der Waals surface area contributed by atoms with Gasteiger partial charge < -0.3 is 10.1 Å². The first-order valence-electron chi connectivity index (χ1n) is 8.30. The van der Waals surface area contributed by atoms with Crippen molar-refractivity contribution in [3.63, 3.8) is 0 Å². The molecule has 126 valence electrons. The van der Waals surface area contributed by atoms with Gasteiger partial charge in [0.2, 0.25) is 5.28 Å². The molecule has 2 heterocycles. The van der Waals surface area contributed by atoms with Crippen molar-refractivity contribution in [1.29, 1.82) is 0 Å². The molecule has 2 aromatic heterocycles. The molecule has 3 aliphatic carbocycles. The quantitative estimate of drug-likeness (QED) is 0.680. The highest BCUT2D eigenvalue weighted by atomic mass is 35.5. The average Bonchev–Trinajstić information content (AvgIpc) is 2.62. The van der Waals surface area contributed by atoms with E-state index in [-0.39, 0.29) is 23.2 Å². The molecule has 6 nitrogen and oxygen atoms in total. The van der Waals surface area contributed by atoms with Gasteiger partial charge in [0, 0.05) is 12.2 Å². The Morgan fingerprint density at radius 3 is 2.75 bits per heavy atom. The highest BCUT2D eigenvalue weighted by Gasteiger charge is 2.48. The van der Waals surface area contributed by atoms with Crippen molar-refractivity contribution in [3.8, 4) is 0 Å². The summed E-state index contributed by atoms with van der Waals surface area (Å²) in [6.07, 6.45) is 6.13. The van der Waals surface area contributed by atoms with Crippen LogP contribution in [0.25, 0.3) is 11.0 Å². The smallest absolute Gasteiger partial charge is 0.311 e. The molecule has 0 aromatic carbocycles. The molecule has 2 unspecified atom stereocenters. The van der Waals surface area contributed by atoms with Crippen molar-refractivity contribution >= 4 is 34.4 Å². The van der Waals surface area contributed by atoms with E-state index < -0.39 is 0 Å². The zero-order valence-electron chi connectivity index (χ0n) is 13.4. The molecule has 3 saturated carbocycles. The van der Waals surface area contributed by atoms with E-state index in [1.54, 1.807) is 6.20 Å². The lowest BCUT2D eigenvalue weighted by atomic mass is 9.61. The van der Waals surface area contributed by atoms with Gasteiger partial charge in [-0.3, -0.25) is 9.78 Å². The molecule has 0 spiro atoms. The van der Waals surface area contributed by atoms with E-state index in [0.717, 1.165) is 25.7 Å². The standard InChI is InChI=1S/C17H19ClN4O2/c1-24-16(23)12-9-4-6-10(7-5-9)13(12)21-15-14-11(3-2-8-19-14)20-17(18)22-15/h2-3,8-10,12-13H,4-7H2,1H3,(H,20,21,22). The Labute approximate surface area is 145 Å². The first-order chi connectivity index (χ1) is 11.7. The number of methoxy groups -OCH3 is 1.